The van der Waals surface area contributed by atoms with Crippen molar-refractivity contribution >= 4 is 21.6 Å². The van der Waals surface area contributed by atoms with Crippen LogP contribution in [0.15, 0.2) is 17.6 Å². The lowest BCUT2D eigenvalue weighted by Gasteiger charge is -2.02. The quantitative estimate of drug-likeness (QED) is 0.652. The van der Waals surface area contributed by atoms with E-state index >= 15 is 0 Å². The molecule has 0 N–H and O–H groups in total. The van der Waals surface area contributed by atoms with Gasteiger partial charge in [-0.2, -0.15) is 0 Å². The van der Waals surface area contributed by atoms with E-state index in [4.69, 9.17) is 0 Å². The van der Waals surface area contributed by atoms with Crippen molar-refractivity contribution in [1.82, 2.24) is 4.98 Å². The summed E-state index contributed by atoms with van der Waals surface area (Å²) in [5.41, 5.74) is 2.75. The first-order chi connectivity index (χ1) is 5.83. The van der Waals surface area contributed by atoms with Crippen molar-refractivity contribution in [3.63, 3.8) is 0 Å². The largest absolute Gasteiger partial charge is 0.245 e. The molecule has 2 aromatic rings. The third-order valence-electron chi connectivity index (χ3n) is 2.17. The second kappa shape index (κ2) is 2.87. The van der Waals surface area contributed by atoms with E-state index in [9.17, 15) is 0 Å². The minimum Gasteiger partial charge on any atom is -0.245 e. The summed E-state index contributed by atoms with van der Waals surface area (Å²) in [5, 5.41) is 3.44. The number of aromatic nitrogens is 1. The highest BCUT2D eigenvalue weighted by Gasteiger charge is 2.03. The molecule has 0 bridgehead atoms. The Bertz CT molecular complexity index is 403. The van der Waals surface area contributed by atoms with Gasteiger partial charge in [0.2, 0.25) is 0 Å². The van der Waals surface area contributed by atoms with Crippen molar-refractivity contribution in [2.75, 3.05) is 0 Å². The van der Waals surface area contributed by atoms with Gasteiger partial charge in [-0.05, 0) is 35.9 Å². The molecule has 0 saturated carbocycles. The van der Waals surface area contributed by atoms with Crippen molar-refractivity contribution in [3.05, 3.63) is 28.8 Å². The van der Waals surface area contributed by atoms with E-state index in [-0.39, 0.29) is 0 Å². The summed E-state index contributed by atoms with van der Waals surface area (Å²) in [6.45, 7) is 4.32. The van der Waals surface area contributed by atoms with E-state index in [0.29, 0.717) is 0 Å². The highest BCUT2D eigenvalue weighted by molar-refractivity contribution is 7.16. The third-order valence-corrected chi connectivity index (χ3v) is 3.00. The standard InChI is InChI=1S/C10H11NS/c1-3-8-7(2)6-11-10-9(8)4-5-12-10/h4-6H,3H2,1-2H3. The zero-order valence-electron chi connectivity index (χ0n) is 7.29. The predicted octanol–water partition coefficient (Wildman–Crippen LogP) is 3.17. The zero-order valence-corrected chi connectivity index (χ0v) is 8.11. The number of hydrogen-bond donors (Lipinski definition) is 0. The summed E-state index contributed by atoms with van der Waals surface area (Å²) < 4.78 is 0. The van der Waals surface area contributed by atoms with Gasteiger partial charge < -0.3 is 0 Å². The van der Waals surface area contributed by atoms with Crippen LogP contribution in [0.3, 0.4) is 0 Å². The Kier molecular flexibility index (Phi) is 1.85. The smallest absolute Gasteiger partial charge is 0.123 e. The lowest BCUT2D eigenvalue weighted by molar-refractivity contribution is 1.12. The maximum atomic E-state index is 4.37. The zero-order chi connectivity index (χ0) is 8.55. The minimum atomic E-state index is 1.10. The molecule has 0 aliphatic heterocycles. The van der Waals surface area contributed by atoms with E-state index in [1.165, 1.54) is 16.5 Å². The van der Waals surface area contributed by atoms with Crippen LogP contribution < -0.4 is 0 Å². The molecule has 0 aliphatic rings. The third kappa shape index (κ3) is 1.03. The molecular weight excluding hydrogens is 166 g/mol. The van der Waals surface area contributed by atoms with Crippen molar-refractivity contribution in [1.29, 1.82) is 0 Å². The Morgan fingerprint density at radius 1 is 1.50 bits per heavy atom. The van der Waals surface area contributed by atoms with Gasteiger partial charge in [0.1, 0.15) is 4.83 Å². The minimum absolute atomic E-state index is 1.10. The first kappa shape index (κ1) is 7.74. The van der Waals surface area contributed by atoms with Gasteiger partial charge in [-0.25, -0.2) is 4.98 Å². The van der Waals surface area contributed by atoms with Crippen molar-refractivity contribution in [3.8, 4) is 0 Å². The summed E-state index contributed by atoms with van der Waals surface area (Å²) in [6.07, 6.45) is 3.07. The molecule has 62 valence electrons. The number of aryl methyl sites for hydroxylation is 2. The van der Waals surface area contributed by atoms with Crippen LogP contribution in [0.25, 0.3) is 10.2 Å². The molecule has 0 aliphatic carbocycles. The Morgan fingerprint density at radius 3 is 3.08 bits per heavy atom. The highest BCUT2D eigenvalue weighted by Crippen LogP contribution is 2.24. The summed E-state index contributed by atoms with van der Waals surface area (Å²) in [7, 11) is 0. The summed E-state index contributed by atoms with van der Waals surface area (Å²) in [5.74, 6) is 0. The van der Waals surface area contributed by atoms with Crippen LogP contribution in [-0.4, -0.2) is 4.98 Å². The van der Waals surface area contributed by atoms with Crippen LogP contribution in [0.4, 0.5) is 0 Å². The molecule has 0 spiro atoms. The van der Waals surface area contributed by atoms with Crippen LogP contribution in [-0.2, 0) is 6.42 Å². The number of fused-ring (bicyclic) bond motifs is 1. The van der Waals surface area contributed by atoms with Gasteiger partial charge >= 0.3 is 0 Å². The van der Waals surface area contributed by atoms with Crippen LogP contribution in [0, 0.1) is 6.92 Å². The lowest BCUT2D eigenvalue weighted by Crippen LogP contribution is -1.88. The Hall–Kier alpha value is -0.890. The van der Waals surface area contributed by atoms with E-state index < -0.39 is 0 Å². The lowest BCUT2D eigenvalue weighted by atomic mass is 10.1. The summed E-state index contributed by atoms with van der Waals surface area (Å²) in [4.78, 5) is 5.53. The van der Waals surface area contributed by atoms with Crippen molar-refractivity contribution < 1.29 is 0 Å². The highest BCUT2D eigenvalue weighted by atomic mass is 32.1. The molecule has 0 saturated heterocycles. The average Bonchev–Trinajstić information content (AvgIpc) is 2.52. The van der Waals surface area contributed by atoms with Crippen LogP contribution in [0.2, 0.25) is 0 Å². The fraction of sp³-hybridized carbons (Fsp3) is 0.300. The molecule has 0 fully saturated rings. The van der Waals surface area contributed by atoms with Crippen LogP contribution >= 0.6 is 11.3 Å². The molecule has 2 rings (SSSR count). The van der Waals surface area contributed by atoms with Crippen molar-refractivity contribution in [2.45, 2.75) is 20.3 Å². The van der Waals surface area contributed by atoms with Gasteiger partial charge in [-0.15, -0.1) is 11.3 Å². The SMILES string of the molecule is CCc1c(C)cnc2sccc12. The summed E-state index contributed by atoms with van der Waals surface area (Å²) in [6, 6.07) is 2.17. The Balaban J connectivity index is 2.83. The molecule has 1 nitrogen and oxygen atoms in total. The van der Waals surface area contributed by atoms with Gasteiger partial charge in [-0.1, -0.05) is 6.92 Å². The second-order valence-electron chi connectivity index (χ2n) is 2.91. The van der Waals surface area contributed by atoms with E-state index in [2.05, 4.69) is 30.3 Å². The second-order valence-corrected chi connectivity index (χ2v) is 3.81. The number of hydrogen-bond acceptors (Lipinski definition) is 2. The maximum absolute atomic E-state index is 4.37. The first-order valence-corrected chi connectivity index (χ1v) is 5.02. The average molecular weight is 177 g/mol. The Labute approximate surface area is 76.1 Å². The molecule has 2 aromatic heterocycles. The fourth-order valence-electron chi connectivity index (χ4n) is 1.55. The molecular formula is C10H11NS. The number of thiophene rings is 1. The molecule has 2 heteroatoms. The molecule has 0 amide bonds. The first-order valence-electron chi connectivity index (χ1n) is 4.14. The normalized spacial score (nSPS) is 10.8. The van der Waals surface area contributed by atoms with Gasteiger partial charge in [-0.3, -0.25) is 0 Å². The maximum Gasteiger partial charge on any atom is 0.123 e. The topological polar surface area (TPSA) is 12.9 Å². The molecule has 0 atom stereocenters. The fourth-order valence-corrected chi connectivity index (χ4v) is 2.31. The van der Waals surface area contributed by atoms with Gasteiger partial charge in [0, 0.05) is 11.6 Å². The van der Waals surface area contributed by atoms with Crippen LogP contribution in [0.5, 0.6) is 0 Å². The number of pyridine rings is 1. The van der Waals surface area contributed by atoms with E-state index in [1.807, 2.05) is 6.20 Å². The summed E-state index contributed by atoms with van der Waals surface area (Å²) >= 11 is 1.71. The van der Waals surface area contributed by atoms with Gasteiger partial charge in [0.05, 0.1) is 0 Å². The van der Waals surface area contributed by atoms with Gasteiger partial charge in [0.25, 0.3) is 0 Å². The molecule has 0 unspecified atom stereocenters. The van der Waals surface area contributed by atoms with E-state index in [0.717, 1.165) is 11.3 Å². The van der Waals surface area contributed by atoms with Crippen LogP contribution in [0.1, 0.15) is 18.1 Å². The predicted molar refractivity (Wildman–Crippen MR) is 53.7 cm³/mol. The number of rotatable bonds is 1. The molecule has 12 heavy (non-hydrogen) atoms. The molecule has 0 aromatic carbocycles. The molecule has 2 heterocycles. The number of nitrogens with zero attached hydrogens (tertiary/aromatic N) is 1. The molecule has 0 radical (unpaired) electrons. The van der Waals surface area contributed by atoms with Crippen molar-refractivity contribution in [2.24, 2.45) is 0 Å². The van der Waals surface area contributed by atoms with E-state index in [1.54, 1.807) is 11.3 Å². The van der Waals surface area contributed by atoms with Gasteiger partial charge in [0.15, 0.2) is 0 Å². The Morgan fingerprint density at radius 2 is 2.33 bits per heavy atom. The monoisotopic (exact) mass is 177 g/mol.